The van der Waals surface area contributed by atoms with Gasteiger partial charge in [0.1, 0.15) is 18.3 Å². The fourth-order valence-corrected chi connectivity index (χ4v) is 7.14. The van der Waals surface area contributed by atoms with Gasteiger partial charge in [0.2, 0.25) is 11.8 Å². The molecule has 0 fully saturated rings. The van der Waals surface area contributed by atoms with Crippen LogP contribution >= 0.6 is 15.9 Å². The molecule has 0 spiro atoms. The van der Waals surface area contributed by atoms with E-state index in [0.717, 1.165) is 19.9 Å². The lowest BCUT2D eigenvalue weighted by Gasteiger charge is -2.34. The molecule has 260 valence electrons. The molecule has 0 aliphatic heterocycles. The molecule has 4 rings (SSSR count). The summed E-state index contributed by atoms with van der Waals surface area (Å²) in [6.07, 6.45) is 0.931. The molecule has 4 aromatic rings. The number of carbonyl (C=O) groups excluding carboxylic acids is 2. The fourth-order valence-electron chi connectivity index (χ4n) is 5.26. The van der Waals surface area contributed by atoms with E-state index in [9.17, 15) is 18.0 Å². The van der Waals surface area contributed by atoms with Crippen molar-refractivity contribution in [2.75, 3.05) is 38.2 Å². The summed E-state index contributed by atoms with van der Waals surface area (Å²) in [5.41, 5.74) is 1.86. The van der Waals surface area contributed by atoms with Gasteiger partial charge in [-0.1, -0.05) is 65.3 Å². The average Bonchev–Trinajstić information content (AvgIpc) is 3.11. The van der Waals surface area contributed by atoms with E-state index in [0.29, 0.717) is 31.1 Å². The Labute approximate surface area is 297 Å². The summed E-state index contributed by atoms with van der Waals surface area (Å²) in [6, 6.07) is 26.7. The Kier molecular flexibility index (Phi) is 13.5. The minimum absolute atomic E-state index is 0.0584. The predicted octanol–water partition coefficient (Wildman–Crippen LogP) is 6.23. The van der Waals surface area contributed by atoms with Gasteiger partial charge in [0, 0.05) is 30.0 Å². The first kappa shape index (κ1) is 37.3. The maximum atomic E-state index is 14.7. The SMILES string of the molecule is CCCNC(=O)[C@H](Cc1ccccc1)N(Cc1cccc(Br)c1)C(=O)CN(c1ccc(OCC)cc1)S(=O)(=O)c1ccc(OC)c(OC)c1. The standard InChI is InChI=1S/C37H42BrN3O7S/c1-5-21-39-37(43)33(23-27-11-8-7-9-12-27)40(25-28-13-10-14-29(38)22-28)36(42)26-41(30-15-17-31(18-16-30)48-6-2)49(44,45)32-19-20-34(46-3)35(24-32)47-4/h7-20,22,24,33H,5-6,21,23,25-26H2,1-4H3,(H,39,43)/t33-/m0/s1. The van der Waals surface area contributed by atoms with Crippen LogP contribution in [0.15, 0.2) is 106 Å². The summed E-state index contributed by atoms with van der Waals surface area (Å²) >= 11 is 3.51. The monoisotopic (exact) mass is 751 g/mol. The second-order valence-electron chi connectivity index (χ2n) is 11.1. The smallest absolute Gasteiger partial charge is 0.264 e. The van der Waals surface area contributed by atoms with Crippen LogP contribution in [0.25, 0.3) is 0 Å². The van der Waals surface area contributed by atoms with Crippen LogP contribution in [0.2, 0.25) is 0 Å². The molecule has 0 bridgehead atoms. The molecular weight excluding hydrogens is 710 g/mol. The third kappa shape index (κ3) is 9.76. The Morgan fingerprint density at radius 2 is 1.53 bits per heavy atom. The minimum Gasteiger partial charge on any atom is -0.494 e. The quantitative estimate of drug-likeness (QED) is 0.136. The summed E-state index contributed by atoms with van der Waals surface area (Å²) in [6.45, 7) is 4.12. The number of anilines is 1. The molecule has 1 N–H and O–H groups in total. The Morgan fingerprint density at radius 1 is 0.837 bits per heavy atom. The molecule has 49 heavy (non-hydrogen) atoms. The van der Waals surface area contributed by atoms with E-state index in [2.05, 4.69) is 21.2 Å². The molecule has 0 unspecified atom stereocenters. The Morgan fingerprint density at radius 3 is 2.16 bits per heavy atom. The number of benzene rings is 4. The summed E-state index contributed by atoms with van der Waals surface area (Å²) in [5, 5.41) is 2.95. The van der Waals surface area contributed by atoms with Crippen LogP contribution in [0, 0.1) is 0 Å². The Balaban J connectivity index is 1.83. The van der Waals surface area contributed by atoms with Gasteiger partial charge in [0.25, 0.3) is 10.0 Å². The molecule has 0 saturated heterocycles. The van der Waals surface area contributed by atoms with Crippen molar-refractivity contribution in [2.24, 2.45) is 0 Å². The van der Waals surface area contributed by atoms with Crippen LogP contribution in [0.1, 0.15) is 31.4 Å². The highest BCUT2D eigenvalue weighted by Crippen LogP contribution is 2.33. The van der Waals surface area contributed by atoms with Gasteiger partial charge in [-0.2, -0.15) is 0 Å². The summed E-state index contributed by atoms with van der Waals surface area (Å²) in [4.78, 5) is 29.8. The first-order valence-corrected chi connectivity index (χ1v) is 18.2. The van der Waals surface area contributed by atoms with Crippen LogP contribution in [0.5, 0.6) is 17.2 Å². The average molecular weight is 753 g/mol. The van der Waals surface area contributed by atoms with Crippen LogP contribution in [-0.2, 0) is 32.6 Å². The molecule has 0 aliphatic carbocycles. The molecule has 4 aromatic carbocycles. The molecule has 12 heteroatoms. The number of rotatable bonds is 17. The van der Waals surface area contributed by atoms with Crippen LogP contribution in [0.4, 0.5) is 5.69 Å². The van der Waals surface area contributed by atoms with Gasteiger partial charge in [-0.05, 0) is 73.0 Å². The van der Waals surface area contributed by atoms with E-state index < -0.39 is 28.5 Å². The Hall–Kier alpha value is -4.55. The number of ether oxygens (including phenoxy) is 3. The van der Waals surface area contributed by atoms with E-state index in [1.807, 2.05) is 68.4 Å². The third-order valence-corrected chi connectivity index (χ3v) is 9.98. The maximum Gasteiger partial charge on any atom is 0.264 e. The van der Waals surface area contributed by atoms with E-state index in [-0.39, 0.29) is 35.2 Å². The molecule has 0 aliphatic rings. The first-order chi connectivity index (χ1) is 23.6. The highest BCUT2D eigenvalue weighted by molar-refractivity contribution is 9.10. The maximum absolute atomic E-state index is 14.7. The zero-order valence-corrected chi connectivity index (χ0v) is 30.5. The highest BCUT2D eigenvalue weighted by Gasteiger charge is 2.35. The predicted molar refractivity (Wildman–Crippen MR) is 194 cm³/mol. The third-order valence-electron chi connectivity index (χ3n) is 7.72. The second kappa shape index (κ2) is 17.7. The number of nitrogens with zero attached hydrogens (tertiary/aromatic N) is 2. The minimum atomic E-state index is -4.36. The van der Waals surface area contributed by atoms with Gasteiger partial charge in [-0.3, -0.25) is 13.9 Å². The number of methoxy groups -OCH3 is 2. The van der Waals surface area contributed by atoms with Crippen molar-refractivity contribution in [3.8, 4) is 17.2 Å². The number of halogens is 1. The van der Waals surface area contributed by atoms with Gasteiger partial charge < -0.3 is 24.4 Å². The van der Waals surface area contributed by atoms with Crippen molar-refractivity contribution >= 4 is 43.5 Å². The lowest BCUT2D eigenvalue weighted by Crippen LogP contribution is -2.53. The molecular formula is C37H42BrN3O7S. The normalized spacial score (nSPS) is 11.7. The molecule has 10 nitrogen and oxygen atoms in total. The molecule has 2 amide bonds. The summed E-state index contributed by atoms with van der Waals surface area (Å²) in [7, 11) is -1.49. The largest absolute Gasteiger partial charge is 0.494 e. The number of sulfonamides is 1. The number of hydrogen-bond donors (Lipinski definition) is 1. The fraction of sp³-hybridized carbons (Fsp3) is 0.297. The van der Waals surface area contributed by atoms with Crippen LogP contribution in [0.3, 0.4) is 0 Å². The lowest BCUT2D eigenvalue weighted by molar-refractivity contribution is -0.140. The van der Waals surface area contributed by atoms with E-state index in [1.54, 1.807) is 24.3 Å². The van der Waals surface area contributed by atoms with Crippen molar-refractivity contribution in [2.45, 2.75) is 44.2 Å². The second-order valence-corrected chi connectivity index (χ2v) is 13.9. The Bertz CT molecular complexity index is 1800. The first-order valence-electron chi connectivity index (χ1n) is 15.9. The van der Waals surface area contributed by atoms with E-state index in [1.165, 1.54) is 37.3 Å². The molecule has 0 heterocycles. The van der Waals surface area contributed by atoms with Gasteiger partial charge in [0.05, 0.1) is 31.4 Å². The molecule has 0 saturated carbocycles. The van der Waals surface area contributed by atoms with Crippen LogP contribution in [-0.4, -0.2) is 65.1 Å². The zero-order valence-electron chi connectivity index (χ0n) is 28.1. The number of carbonyl (C=O) groups is 2. The van der Waals surface area contributed by atoms with Gasteiger partial charge in [0.15, 0.2) is 11.5 Å². The van der Waals surface area contributed by atoms with Crippen molar-refractivity contribution in [3.63, 3.8) is 0 Å². The van der Waals surface area contributed by atoms with Gasteiger partial charge >= 0.3 is 0 Å². The number of nitrogens with one attached hydrogen (secondary N) is 1. The topological polar surface area (TPSA) is 114 Å². The van der Waals surface area contributed by atoms with Crippen molar-refractivity contribution < 1.29 is 32.2 Å². The molecule has 0 radical (unpaired) electrons. The summed E-state index contributed by atoms with van der Waals surface area (Å²) < 4.78 is 47.1. The van der Waals surface area contributed by atoms with Gasteiger partial charge in [-0.25, -0.2) is 8.42 Å². The van der Waals surface area contributed by atoms with Crippen molar-refractivity contribution in [1.29, 1.82) is 0 Å². The number of amides is 2. The van der Waals surface area contributed by atoms with Gasteiger partial charge in [-0.15, -0.1) is 0 Å². The van der Waals surface area contributed by atoms with E-state index >= 15 is 0 Å². The summed E-state index contributed by atoms with van der Waals surface area (Å²) in [5.74, 6) is 0.225. The van der Waals surface area contributed by atoms with E-state index in [4.69, 9.17) is 14.2 Å². The van der Waals surface area contributed by atoms with Crippen molar-refractivity contribution in [3.05, 3.63) is 113 Å². The van der Waals surface area contributed by atoms with Crippen molar-refractivity contribution in [1.82, 2.24) is 10.2 Å². The lowest BCUT2D eigenvalue weighted by atomic mass is 10.0. The molecule has 0 aromatic heterocycles. The number of hydrogen-bond acceptors (Lipinski definition) is 7. The van der Waals surface area contributed by atoms with Crippen LogP contribution < -0.4 is 23.8 Å². The highest BCUT2D eigenvalue weighted by atomic mass is 79.9. The zero-order chi connectivity index (χ0) is 35.4. The molecule has 1 atom stereocenters.